The fourth-order valence-electron chi connectivity index (χ4n) is 0.408. The molecule has 0 spiro atoms. The van der Waals surface area contributed by atoms with Gasteiger partial charge in [0, 0.05) is 0 Å². The van der Waals surface area contributed by atoms with Crippen LogP contribution in [0.2, 0.25) is 0 Å². The van der Waals surface area contributed by atoms with Crippen LogP contribution in [0.15, 0.2) is 0 Å². The zero-order chi connectivity index (χ0) is 14.3. The summed E-state index contributed by atoms with van der Waals surface area (Å²) in [6.07, 6.45) is 0. The lowest BCUT2D eigenvalue weighted by atomic mass is 9.95. The van der Waals surface area contributed by atoms with Gasteiger partial charge in [-0.15, -0.1) is 0 Å². The molecule has 0 saturated heterocycles. The van der Waals surface area contributed by atoms with Crippen molar-refractivity contribution in [2.45, 2.75) is 27.7 Å². The second kappa shape index (κ2) is 7.24. The van der Waals surface area contributed by atoms with Crippen molar-refractivity contribution in [1.82, 2.24) is 0 Å². The van der Waals surface area contributed by atoms with Gasteiger partial charge in [-0.3, -0.25) is 9.59 Å². The number of aliphatic carboxylic acids is 1. The smallest absolute Gasteiger partial charge is 0.313 e. The van der Waals surface area contributed by atoms with Crippen molar-refractivity contribution in [3.05, 3.63) is 0 Å². The Morgan fingerprint density at radius 1 is 1.00 bits per heavy atom. The molecular weight excluding hydrogens is 228 g/mol. The number of aliphatic hydroxyl groups is 2. The number of esters is 1. The summed E-state index contributed by atoms with van der Waals surface area (Å²) < 4.78 is 4.41. The molecule has 0 aliphatic rings. The van der Waals surface area contributed by atoms with E-state index in [0.29, 0.717) is 0 Å². The van der Waals surface area contributed by atoms with Crippen molar-refractivity contribution in [2.24, 2.45) is 10.8 Å². The van der Waals surface area contributed by atoms with E-state index >= 15 is 0 Å². The van der Waals surface area contributed by atoms with Crippen molar-refractivity contribution in [2.75, 3.05) is 20.3 Å². The van der Waals surface area contributed by atoms with Gasteiger partial charge < -0.3 is 20.1 Å². The van der Waals surface area contributed by atoms with Crippen LogP contribution in [0.5, 0.6) is 0 Å². The summed E-state index contributed by atoms with van der Waals surface area (Å²) in [4.78, 5) is 20.8. The van der Waals surface area contributed by atoms with Crippen molar-refractivity contribution >= 4 is 11.9 Å². The highest BCUT2D eigenvalue weighted by Crippen LogP contribution is 2.14. The summed E-state index contributed by atoms with van der Waals surface area (Å²) in [6, 6.07) is 0. The Hall–Kier alpha value is -1.14. The highest BCUT2D eigenvalue weighted by molar-refractivity contribution is 5.75. The molecule has 0 atom stereocenters. The number of rotatable bonds is 4. The van der Waals surface area contributed by atoms with Crippen LogP contribution in [0.3, 0.4) is 0 Å². The van der Waals surface area contributed by atoms with Gasteiger partial charge in [0.2, 0.25) is 0 Å². The van der Waals surface area contributed by atoms with Gasteiger partial charge in [-0.2, -0.15) is 0 Å². The number of aliphatic hydroxyl groups excluding tert-OH is 2. The zero-order valence-corrected chi connectivity index (χ0v) is 11.0. The first kappa shape index (κ1) is 18.2. The number of carboxylic acid groups (broad SMARTS) is 1. The minimum absolute atomic E-state index is 0.181. The molecule has 102 valence electrons. The first-order valence-electron chi connectivity index (χ1n) is 5.08. The van der Waals surface area contributed by atoms with E-state index in [-0.39, 0.29) is 19.2 Å². The topological polar surface area (TPSA) is 104 Å². The molecule has 0 radical (unpaired) electrons. The summed E-state index contributed by atoms with van der Waals surface area (Å²) in [5.74, 6) is -1.36. The number of ether oxygens (including phenoxy) is 1. The van der Waals surface area contributed by atoms with Crippen LogP contribution >= 0.6 is 0 Å². The highest BCUT2D eigenvalue weighted by Gasteiger charge is 2.27. The summed E-state index contributed by atoms with van der Waals surface area (Å²) in [6.45, 7) is 5.68. The predicted molar refractivity (Wildman–Crippen MR) is 61.4 cm³/mol. The predicted octanol–water partition coefficient (Wildman–Crippen LogP) is 0.267. The molecule has 0 aromatic heterocycles. The van der Waals surface area contributed by atoms with Gasteiger partial charge in [0.15, 0.2) is 0 Å². The Balaban J connectivity index is 0. The van der Waals surface area contributed by atoms with Crippen LogP contribution in [-0.2, 0) is 14.3 Å². The third kappa shape index (κ3) is 6.91. The third-order valence-electron chi connectivity index (χ3n) is 2.11. The van der Waals surface area contributed by atoms with Crippen LogP contribution in [0, 0.1) is 10.8 Å². The lowest BCUT2D eigenvalue weighted by Crippen LogP contribution is -2.29. The number of hydrogen-bond acceptors (Lipinski definition) is 5. The zero-order valence-electron chi connectivity index (χ0n) is 11.0. The standard InChI is InChI=1S/C6H12O3.C5H10O3/c1-6(2,4-7)5(8)9-3;1-5(2,3-6)4(7)8/h7H,4H2,1-3H3;6H,3H2,1-2H3,(H,7,8). The number of carbonyl (C=O) groups is 2. The van der Waals surface area contributed by atoms with Crippen molar-refractivity contribution in [3.63, 3.8) is 0 Å². The summed E-state index contributed by atoms with van der Waals surface area (Å²) >= 11 is 0. The molecule has 3 N–H and O–H groups in total. The molecule has 6 heteroatoms. The average molecular weight is 250 g/mol. The molecule has 0 bridgehead atoms. The van der Waals surface area contributed by atoms with Crippen LogP contribution in [0.25, 0.3) is 0 Å². The Kier molecular flexibility index (Phi) is 7.76. The summed E-state index contributed by atoms with van der Waals surface area (Å²) in [5, 5.41) is 25.3. The first-order valence-corrected chi connectivity index (χ1v) is 5.08. The van der Waals surface area contributed by atoms with Crippen LogP contribution in [0.1, 0.15) is 27.7 Å². The van der Waals surface area contributed by atoms with Gasteiger partial charge in [0.05, 0.1) is 31.2 Å². The molecule has 0 aliphatic carbocycles. The van der Waals surface area contributed by atoms with E-state index in [1.54, 1.807) is 13.8 Å². The van der Waals surface area contributed by atoms with Gasteiger partial charge in [-0.1, -0.05) is 0 Å². The fraction of sp³-hybridized carbons (Fsp3) is 0.818. The number of methoxy groups -OCH3 is 1. The van der Waals surface area contributed by atoms with Crippen molar-refractivity contribution in [3.8, 4) is 0 Å². The Morgan fingerprint density at radius 3 is 1.41 bits per heavy atom. The molecule has 0 rings (SSSR count). The molecule has 0 saturated carbocycles. The lowest BCUT2D eigenvalue weighted by Gasteiger charge is -2.16. The van der Waals surface area contributed by atoms with E-state index in [9.17, 15) is 9.59 Å². The maximum Gasteiger partial charge on any atom is 0.313 e. The second-order valence-electron chi connectivity index (χ2n) is 4.88. The first-order chi connectivity index (χ1) is 7.55. The summed E-state index contributed by atoms with van der Waals surface area (Å²) in [5.41, 5.74) is -1.74. The Bertz CT molecular complexity index is 257. The van der Waals surface area contributed by atoms with Crippen LogP contribution in [-0.4, -0.2) is 47.6 Å². The molecule has 6 nitrogen and oxygen atoms in total. The van der Waals surface area contributed by atoms with Crippen molar-refractivity contribution < 1.29 is 29.6 Å². The van der Waals surface area contributed by atoms with Crippen LogP contribution in [0.4, 0.5) is 0 Å². The molecule has 0 aromatic rings. The van der Waals surface area contributed by atoms with Gasteiger partial charge in [0.1, 0.15) is 0 Å². The minimum atomic E-state index is -0.986. The van der Waals surface area contributed by atoms with Gasteiger partial charge >= 0.3 is 11.9 Å². The molecular formula is C11H22O6. The average Bonchev–Trinajstić information content (AvgIpc) is 2.28. The summed E-state index contributed by atoms with van der Waals surface area (Å²) in [7, 11) is 1.31. The lowest BCUT2D eigenvalue weighted by molar-refractivity contribution is -0.153. The molecule has 17 heavy (non-hydrogen) atoms. The number of hydrogen-bond donors (Lipinski definition) is 3. The highest BCUT2D eigenvalue weighted by atomic mass is 16.5. The van der Waals surface area contributed by atoms with E-state index in [2.05, 4.69) is 4.74 Å². The van der Waals surface area contributed by atoms with Crippen LogP contribution < -0.4 is 0 Å². The van der Waals surface area contributed by atoms with E-state index in [4.69, 9.17) is 15.3 Å². The maximum absolute atomic E-state index is 10.7. The van der Waals surface area contributed by atoms with Gasteiger partial charge in [-0.25, -0.2) is 0 Å². The monoisotopic (exact) mass is 250 g/mol. The maximum atomic E-state index is 10.7. The SMILES string of the molecule is CC(C)(CO)C(=O)O.COC(=O)C(C)(C)CO. The largest absolute Gasteiger partial charge is 0.481 e. The normalized spacial score (nSPS) is 11.2. The molecule has 0 aromatic carbocycles. The molecule has 0 fully saturated rings. The fourth-order valence-corrected chi connectivity index (χ4v) is 0.408. The van der Waals surface area contributed by atoms with Crippen molar-refractivity contribution in [1.29, 1.82) is 0 Å². The van der Waals surface area contributed by atoms with E-state index in [0.717, 1.165) is 0 Å². The van der Waals surface area contributed by atoms with Gasteiger partial charge in [-0.05, 0) is 27.7 Å². The van der Waals surface area contributed by atoms with Gasteiger partial charge in [0.25, 0.3) is 0 Å². The second-order valence-corrected chi connectivity index (χ2v) is 4.88. The van der Waals surface area contributed by atoms with E-state index in [1.807, 2.05) is 0 Å². The Morgan fingerprint density at radius 2 is 1.35 bits per heavy atom. The van der Waals surface area contributed by atoms with E-state index in [1.165, 1.54) is 21.0 Å². The van der Waals surface area contributed by atoms with E-state index < -0.39 is 16.8 Å². The molecule has 0 aliphatic heterocycles. The quantitative estimate of drug-likeness (QED) is 0.619. The number of carboxylic acids is 1. The molecule has 0 amide bonds. The Labute approximate surface area is 101 Å². The third-order valence-corrected chi connectivity index (χ3v) is 2.11. The minimum Gasteiger partial charge on any atom is -0.481 e. The molecule has 0 unspecified atom stereocenters. The molecule has 0 heterocycles. The number of carbonyl (C=O) groups excluding carboxylic acids is 1.